The summed E-state index contributed by atoms with van der Waals surface area (Å²) >= 11 is 1.13. The van der Waals surface area contributed by atoms with Gasteiger partial charge in [-0.05, 0) is 5.92 Å². The number of hydrazone groups is 1. The zero-order valence-corrected chi connectivity index (χ0v) is 8.73. The van der Waals surface area contributed by atoms with E-state index in [0.717, 1.165) is 11.8 Å². The third-order valence-corrected chi connectivity index (χ3v) is 1.99. The monoisotopic (exact) mass is 204 g/mol. The van der Waals surface area contributed by atoms with Crippen LogP contribution in [0.2, 0.25) is 0 Å². The first-order valence-corrected chi connectivity index (χ1v) is 4.97. The molecule has 0 spiro atoms. The van der Waals surface area contributed by atoms with Crippen molar-refractivity contribution in [2.45, 2.75) is 13.8 Å². The Labute approximate surface area is 82.3 Å². The summed E-state index contributed by atoms with van der Waals surface area (Å²) in [5.74, 6) is 5.56. The number of amides is 1. The lowest BCUT2D eigenvalue weighted by Gasteiger charge is -2.06. The van der Waals surface area contributed by atoms with Gasteiger partial charge in [0.15, 0.2) is 5.17 Å². The molecule has 0 aliphatic carbocycles. The van der Waals surface area contributed by atoms with E-state index in [1.54, 1.807) is 0 Å². The highest BCUT2D eigenvalue weighted by Gasteiger charge is 2.03. The van der Waals surface area contributed by atoms with E-state index in [4.69, 9.17) is 11.6 Å². The Kier molecular flexibility index (Phi) is 6.13. The second-order valence-electron chi connectivity index (χ2n) is 2.95. The Bertz CT molecular complexity index is 193. The summed E-state index contributed by atoms with van der Waals surface area (Å²) in [5.41, 5.74) is 5.29. The normalized spacial score (nSPS) is 11.8. The van der Waals surface area contributed by atoms with Crippen LogP contribution in [-0.2, 0) is 4.79 Å². The second kappa shape index (κ2) is 6.59. The van der Waals surface area contributed by atoms with E-state index in [9.17, 15) is 4.79 Å². The van der Waals surface area contributed by atoms with Crippen molar-refractivity contribution in [3.05, 3.63) is 0 Å². The topological polar surface area (TPSA) is 93.5 Å². The Morgan fingerprint density at radius 2 is 2.23 bits per heavy atom. The number of nitrogens with zero attached hydrogens (tertiary/aromatic N) is 1. The van der Waals surface area contributed by atoms with E-state index in [-0.39, 0.29) is 16.8 Å². The Morgan fingerprint density at radius 1 is 1.62 bits per heavy atom. The molecule has 0 saturated carbocycles. The smallest absolute Gasteiger partial charge is 0.230 e. The molecule has 0 fully saturated rings. The Hall–Kier alpha value is -0.910. The second-order valence-corrected chi connectivity index (χ2v) is 3.95. The summed E-state index contributed by atoms with van der Waals surface area (Å²) in [5, 5.41) is 6.21. The number of amidine groups is 1. The first-order valence-electron chi connectivity index (χ1n) is 3.99. The molecule has 0 rings (SSSR count). The summed E-state index contributed by atoms with van der Waals surface area (Å²) in [6.45, 7) is 4.74. The van der Waals surface area contributed by atoms with Crippen LogP contribution in [-0.4, -0.2) is 23.4 Å². The summed E-state index contributed by atoms with van der Waals surface area (Å²) in [6.07, 6.45) is 0. The minimum atomic E-state index is -0.0506. The van der Waals surface area contributed by atoms with Crippen LogP contribution in [0.15, 0.2) is 5.10 Å². The molecule has 1 amide bonds. The first-order chi connectivity index (χ1) is 6.06. The molecule has 76 valence electrons. The number of hydrogen-bond donors (Lipinski definition) is 3. The van der Waals surface area contributed by atoms with Crippen LogP contribution in [0.5, 0.6) is 0 Å². The van der Waals surface area contributed by atoms with Gasteiger partial charge in [-0.15, -0.1) is 0 Å². The van der Waals surface area contributed by atoms with E-state index in [1.807, 2.05) is 13.8 Å². The van der Waals surface area contributed by atoms with Gasteiger partial charge < -0.3 is 16.9 Å². The number of hydrogen-bond acceptors (Lipinski definition) is 4. The fourth-order valence-electron chi connectivity index (χ4n) is 0.546. The molecular formula is C7H16N4OS. The van der Waals surface area contributed by atoms with Crippen molar-refractivity contribution < 1.29 is 4.79 Å². The molecule has 0 heterocycles. The quantitative estimate of drug-likeness (QED) is 0.253. The minimum Gasteiger partial charge on any atom is -0.377 e. The summed E-state index contributed by atoms with van der Waals surface area (Å²) in [4.78, 5) is 11.1. The zero-order chi connectivity index (χ0) is 10.3. The lowest BCUT2D eigenvalue weighted by molar-refractivity contribution is -0.118. The van der Waals surface area contributed by atoms with Gasteiger partial charge in [-0.25, -0.2) is 0 Å². The lowest BCUT2D eigenvalue weighted by atomic mass is 10.2. The van der Waals surface area contributed by atoms with E-state index in [1.165, 1.54) is 0 Å². The fourth-order valence-corrected chi connectivity index (χ4v) is 1.00. The number of nitrogens with two attached hydrogens (primary N) is 2. The highest BCUT2D eigenvalue weighted by Crippen LogP contribution is 1.97. The largest absolute Gasteiger partial charge is 0.377 e. The van der Waals surface area contributed by atoms with Crippen LogP contribution in [0, 0.1) is 5.92 Å². The van der Waals surface area contributed by atoms with Gasteiger partial charge in [0.05, 0.1) is 5.75 Å². The maximum Gasteiger partial charge on any atom is 0.230 e. The van der Waals surface area contributed by atoms with Crippen molar-refractivity contribution in [1.29, 1.82) is 0 Å². The number of thioether (sulfide) groups is 1. The molecule has 0 aromatic rings. The van der Waals surface area contributed by atoms with Gasteiger partial charge in [0.2, 0.25) is 5.91 Å². The summed E-state index contributed by atoms with van der Waals surface area (Å²) in [6, 6.07) is 0. The molecular weight excluding hydrogens is 188 g/mol. The van der Waals surface area contributed by atoms with Crippen molar-refractivity contribution in [2.75, 3.05) is 12.3 Å². The minimum absolute atomic E-state index is 0.0506. The molecule has 0 saturated heterocycles. The average Bonchev–Trinajstić information content (AvgIpc) is 2.10. The van der Waals surface area contributed by atoms with Crippen molar-refractivity contribution in [3.63, 3.8) is 0 Å². The number of carbonyl (C=O) groups is 1. The molecule has 0 aromatic heterocycles. The van der Waals surface area contributed by atoms with Crippen LogP contribution in [0.3, 0.4) is 0 Å². The maximum atomic E-state index is 11.1. The van der Waals surface area contributed by atoms with Crippen molar-refractivity contribution in [2.24, 2.45) is 22.6 Å². The number of carbonyl (C=O) groups excluding carboxylic acids is 1. The van der Waals surface area contributed by atoms with Gasteiger partial charge in [0.25, 0.3) is 0 Å². The Balaban J connectivity index is 3.52. The molecule has 0 aliphatic rings. The van der Waals surface area contributed by atoms with Crippen molar-refractivity contribution >= 4 is 22.8 Å². The van der Waals surface area contributed by atoms with E-state index >= 15 is 0 Å². The van der Waals surface area contributed by atoms with Crippen LogP contribution in [0.1, 0.15) is 13.8 Å². The molecule has 0 radical (unpaired) electrons. The molecule has 6 heteroatoms. The predicted molar refractivity (Wildman–Crippen MR) is 56.1 cm³/mol. The summed E-state index contributed by atoms with van der Waals surface area (Å²) in [7, 11) is 0. The third kappa shape index (κ3) is 7.45. The van der Waals surface area contributed by atoms with E-state index in [0.29, 0.717) is 12.5 Å². The molecule has 0 aromatic carbocycles. The van der Waals surface area contributed by atoms with Gasteiger partial charge in [-0.2, -0.15) is 5.10 Å². The van der Waals surface area contributed by atoms with Crippen molar-refractivity contribution in [1.82, 2.24) is 5.32 Å². The van der Waals surface area contributed by atoms with Gasteiger partial charge in [-0.1, -0.05) is 25.6 Å². The molecule has 5 nitrogen and oxygen atoms in total. The van der Waals surface area contributed by atoms with Crippen molar-refractivity contribution in [3.8, 4) is 0 Å². The maximum absolute atomic E-state index is 11.1. The predicted octanol–water partition coefficient (Wildman–Crippen LogP) is -0.320. The van der Waals surface area contributed by atoms with Crippen LogP contribution in [0.4, 0.5) is 0 Å². The highest BCUT2D eigenvalue weighted by atomic mass is 32.2. The third-order valence-electron chi connectivity index (χ3n) is 1.19. The fraction of sp³-hybridized carbons (Fsp3) is 0.714. The molecule has 0 aliphatic heterocycles. The van der Waals surface area contributed by atoms with Gasteiger partial charge >= 0.3 is 0 Å². The molecule has 0 bridgehead atoms. The van der Waals surface area contributed by atoms with Crippen LogP contribution < -0.4 is 16.9 Å². The molecule has 0 atom stereocenters. The SMILES string of the molecule is CC(C)CNC(=O)CSC(N)=NN. The highest BCUT2D eigenvalue weighted by molar-refractivity contribution is 8.14. The van der Waals surface area contributed by atoms with Gasteiger partial charge in [0, 0.05) is 6.54 Å². The van der Waals surface area contributed by atoms with Crippen LogP contribution in [0.25, 0.3) is 0 Å². The molecule has 5 N–H and O–H groups in total. The van der Waals surface area contributed by atoms with E-state index < -0.39 is 0 Å². The van der Waals surface area contributed by atoms with Gasteiger partial charge in [0.1, 0.15) is 0 Å². The average molecular weight is 204 g/mol. The standard InChI is InChI=1S/C7H16N4OS/c1-5(2)3-10-6(12)4-13-7(8)11-9/h5H,3-4,9H2,1-2H3,(H2,8,11)(H,10,12). The van der Waals surface area contributed by atoms with E-state index in [2.05, 4.69) is 10.4 Å². The zero-order valence-electron chi connectivity index (χ0n) is 7.91. The first kappa shape index (κ1) is 12.1. The number of nitrogens with one attached hydrogen (secondary N) is 1. The lowest BCUT2D eigenvalue weighted by Crippen LogP contribution is -2.29. The summed E-state index contributed by atoms with van der Waals surface area (Å²) < 4.78 is 0. The van der Waals surface area contributed by atoms with Crippen LogP contribution >= 0.6 is 11.8 Å². The molecule has 0 unspecified atom stereocenters. The van der Waals surface area contributed by atoms with Gasteiger partial charge in [-0.3, -0.25) is 4.79 Å². The molecule has 13 heavy (non-hydrogen) atoms. The number of rotatable bonds is 4. The Morgan fingerprint density at radius 3 is 2.69 bits per heavy atom.